The van der Waals surface area contributed by atoms with Gasteiger partial charge in [0.25, 0.3) is 10.1 Å². The van der Waals surface area contributed by atoms with Crippen LogP contribution >= 0.6 is 0 Å². The van der Waals surface area contributed by atoms with Crippen LogP contribution in [0.4, 0.5) is 0 Å². The molecule has 0 unspecified atom stereocenters. The van der Waals surface area contributed by atoms with Crippen molar-refractivity contribution in [1.82, 2.24) is 0 Å². The first-order valence-electron chi connectivity index (χ1n) is 10.7. The van der Waals surface area contributed by atoms with Crippen molar-refractivity contribution < 1.29 is 13.0 Å². The molecule has 0 radical (unpaired) electrons. The SMILES string of the molecule is CCCCCCCCCCCCCCCCCC=CCCS(=O)(=O)O. The third-order valence-corrected chi connectivity index (χ3v) is 5.44. The minimum atomic E-state index is -3.80. The molecule has 0 aromatic heterocycles. The van der Waals surface area contributed by atoms with Gasteiger partial charge in [-0.3, -0.25) is 4.55 Å². The molecule has 4 heteroatoms. The molecule has 150 valence electrons. The number of hydrogen-bond donors (Lipinski definition) is 1. The molecule has 0 saturated carbocycles. The van der Waals surface area contributed by atoms with Gasteiger partial charge in [0.15, 0.2) is 0 Å². The highest BCUT2D eigenvalue weighted by Gasteiger charge is 2.00. The largest absolute Gasteiger partial charge is 0.286 e. The van der Waals surface area contributed by atoms with Crippen molar-refractivity contribution >= 4 is 10.1 Å². The zero-order valence-corrected chi connectivity index (χ0v) is 17.4. The van der Waals surface area contributed by atoms with Gasteiger partial charge in [0.2, 0.25) is 0 Å². The molecule has 0 bridgehead atoms. The maximum Gasteiger partial charge on any atom is 0.265 e. The van der Waals surface area contributed by atoms with E-state index in [-0.39, 0.29) is 5.75 Å². The molecular weight excluding hydrogens is 332 g/mol. The Labute approximate surface area is 157 Å². The fourth-order valence-electron chi connectivity index (χ4n) is 3.09. The van der Waals surface area contributed by atoms with Crippen LogP contribution in [0, 0.1) is 0 Å². The molecule has 0 aliphatic carbocycles. The van der Waals surface area contributed by atoms with Gasteiger partial charge in [0.1, 0.15) is 0 Å². The van der Waals surface area contributed by atoms with Crippen molar-refractivity contribution in [3.8, 4) is 0 Å². The number of rotatable bonds is 19. The van der Waals surface area contributed by atoms with E-state index in [9.17, 15) is 8.42 Å². The number of allylic oxidation sites excluding steroid dienone is 2. The summed E-state index contributed by atoms with van der Waals surface area (Å²) in [6.45, 7) is 2.27. The van der Waals surface area contributed by atoms with E-state index in [1.54, 1.807) is 0 Å². The van der Waals surface area contributed by atoms with Crippen LogP contribution in [0.5, 0.6) is 0 Å². The summed E-state index contributed by atoms with van der Waals surface area (Å²) in [7, 11) is -3.80. The maximum absolute atomic E-state index is 10.5. The third kappa shape index (κ3) is 23.6. The zero-order chi connectivity index (χ0) is 18.6. The van der Waals surface area contributed by atoms with Gasteiger partial charge in [-0.15, -0.1) is 0 Å². The van der Waals surface area contributed by atoms with E-state index >= 15 is 0 Å². The van der Waals surface area contributed by atoms with Crippen LogP contribution in [0.15, 0.2) is 12.2 Å². The predicted molar refractivity (Wildman–Crippen MR) is 110 cm³/mol. The summed E-state index contributed by atoms with van der Waals surface area (Å²) < 4.78 is 29.7. The Morgan fingerprint density at radius 2 is 0.960 bits per heavy atom. The van der Waals surface area contributed by atoms with E-state index < -0.39 is 10.1 Å². The second kappa shape index (κ2) is 18.4. The maximum atomic E-state index is 10.5. The predicted octanol–water partition coefficient (Wildman–Crippen LogP) is 7.08. The highest BCUT2D eigenvalue weighted by molar-refractivity contribution is 7.85. The minimum Gasteiger partial charge on any atom is -0.286 e. The van der Waals surface area contributed by atoms with Crippen LogP contribution < -0.4 is 0 Å². The normalized spacial score (nSPS) is 12.2. The van der Waals surface area contributed by atoms with Crippen molar-refractivity contribution in [2.45, 2.75) is 116 Å². The highest BCUT2D eigenvalue weighted by atomic mass is 32.2. The Morgan fingerprint density at radius 1 is 0.600 bits per heavy atom. The highest BCUT2D eigenvalue weighted by Crippen LogP contribution is 2.13. The van der Waals surface area contributed by atoms with Crippen LogP contribution in [0.3, 0.4) is 0 Å². The first-order valence-corrected chi connectivity index (χ1v) is 12.3. The van der Waals surface area contributed by atoms with Gasteiger partial charge in [-0.25, -0.2) is 0 Å². The zero-order valence-electron chi connectivity index (χ0n) is 16.6. The van der Waals surface area contributed by atoms with E-state index in [0.29, 0.717) is 6.42 Å². The molecule has 0 spiro atoms. The smallest absolute Gasteiger partial charge is 0.265 e. The first kappa shape index (κ1) is 24.7. The molecule has 1 N–H and O–H groups in total. The van der Waals surface area contributed by atoms with Crippen molar-refractivity contribution in [3.05, 3.63) is 12.2 Å². The summed E-state index contributed by atoms with van der Waals surface area (Å²) in [4.78, 5) is 0. The van der Waals surface area contributed by atoms with Crippen molar-refractivity contribution in [2.75, 3.05) is 5.75 Å². The lowest BCUT2D eigenvalue weighted by molar-refractivity contribution is 0.483. The summed E-state index contributed by atoms with van der Waals surface area (Å²) >= 11 is 0. The molecule has 0 aromatic carbocycles. The van der Waals surface area contributed by atoms with Gasteiger partial charge in [0.05, 0.1) is 5.75 Å². The van der Waals surface area contributed by atoms with Gasteiger partial charge in [0, 0.05) is 0 Å². The van der Waals surface area contributed by atoms with E-state index in [1.165, 1.54) is 96.3 Å². The molecule has 3 nitrogen and oxygen atoms in total. The van der Waals surface area contributed by atoms with Crippen LogP contribution in [0.25, 0.3) is 0 Å². The van der Waals surface area contributed by atoms with Gasteiger partial charge in [-0.2, -0.15) is 8.42 Å². The Kier molecular flexibility index (Phi) is 18.2. The summed E-state index contributed by atoms with van der Waals surface area (Å²) in [5, 5.41) is 0. The molecule has 0 atom stereocenters. The van der Waals surface area contributed by atoms with Gasteiger partial charge >= 0.3 is 0 Å². The standard InChI is InChI=1S/C21H42O3S/c1-2-3-4-5-6-7-8-9-10-11-12-13-14-15-16-17-18-19-20-21-25(22,23)24/h18-19H,2-17,20-21H2,1H3,(H,22,23,24). The van der Waals surface area contributed by atoms with Crippen molar-refractivity contribution in [2.24, 2.45) is 0 Å². The lowest BCUT2D eigenvalue weighted by Gasteiger charge is -2.03. The summed E-state index contributed by atoms with van der Waals surface area (Å²) in [6.07, 6.45) is 25.9. The molecule has 0 aliphatic rings. The molecule has 0 aromatic rings. The topological polar surface area (TPSA) is 54.4 Å². The van der Waals surface area contributed by atoms with Gasteiger partial charge in [-0.1, -0.05) is 109 Å². The molecule has 0 heterocycles. The van der Waals surface area contributed by atoms with Crippen LogP contribution in [0.2, 0.25) is 0 Å². The second-order valence-electron chi connectivity index (χ2n) is 7.28. The molecule has 0 aliphatic heterocycles. The lowest BCUT2D eigenvalue weighted by atomic mass is 10.0. The lowest BCUT2D eigenvalue weighted by Crippen LogP contribution is -2.01. The molecule has 0 fully saturated rings. The Morgan fingerprint density at radius 3 is 1.36 bits per heavy atom. The Balaban J connectivity index is 3.11. The van der Waals surface area contributed by atoms with Crippen LogP contribution in [-0.2, 0) is 10.1 Å². The van der Waals surface area contributed by atoms with Crippen molar-refractivity contribution in [3.63, 3.8) is 0 Å². The fourth-order valence-corrected chi connectivity index (χ4v) is 3.52. The van der Waals surface area contributed by atoms with E-state index in [0.717, 1.165) is 6.42 Å². The molecular formula is C21H42O3S. The quantitative estimate of drug-likeness (QED) is 0.149. The van der Waals surface area contributed by atoms with Crippen LogP contribution in [-0.4, -0.2) is 18.7 Å². The summed E-state index contributed by atoms with van der Waals surface area (Å²) in [5.41, 5.74) is 0. The van der Waals surface area contributed by atoms with E-state index in [4.69, 9.17) is 4.55 Å². The number of hydrogen-bond acceptors (Lipinski definition) is 2. The molecule has 25 heavy (non-hydrogen) atoms. The summed E-state index contributed by atoms with van der Waals surface area (Å²) in [6, 6.07) is 0. The first-order chi connectivity index (χ1) is 12.1. The van der Waals surface area contributed by atoms with Gasteiger partial charge < -0.3 is 0 Å². The second-order valence-corrected chi connectivity index (χ2v) is 8.86. The third-order valence-electron chi connectivity index (χ3n) is 4.68. The van der Waals surface area contributed by atoms with E-state index in [1.807, 2.05) is 12.2 Å². The Bertz CT molecular complexity index is 388. The van der Waals surface area contributed by atoms with Gasteiger partial charge in [-0.05, 0) is 19.3 Å². The fraction of sp³-hybridized carbons (Fsp3) is 0.905. The molecule has 0 amide bonds. The number of unbranched alkanes of at least 4 members (excludes halogenated alkanes) is 15. The van der Waals surface area contributed by atoms with Crippen molar-refractivity contribution in [1.29, 1.82) is 0 Å². The van der Waals surface area contributed by atoms with E-state index in [2.05, 4.69) is 6.92 Å². The molecule has 0 saturated heterocycles. The average molecular weight is 375 g/mol. The Hall–Kier alpha value is -0.350. The van der Waals surface area contributed by atoms with Crippen LogP contribution in [0.1, 0.15) is 116 Å². The average Bonchev–Trinajstić information content (AvgIpc) is 2.56. The summed E-state index contributed by atoms with van der Waals surface area (Å²) in [5.74, 6) is -0.164. The minimum absolute atomic E-state index is 0.164. The monoisotopic (exact) mass is 374 g/mol. The molecule has 0 rings (SSSR count).